The normalized spacial score (nSPS) is 11.7. The van der Waals surface area contributed by atoms with E-state index in [4.69, 9.17) is 4.98 Å². The van der Waals surface area contributed by atoms with Crippen LogP contribution in [-0.2, 0) is 0 Å². The number of hydrogen-bond donors (Lipinski definition) is 0. The molecule has 51 heavy (non-hydrogen) atoms. The zero-order valence-corrected chi connectivity index (χ0v) is 28.8. The Bertz CT molecular complexity index is 2800. The number of hydrogen-bond acceptors (Lipinski definition) is 1. The van der Waals surface area contributed by atoms with E-state index in [0.717, 1.165) is 16.8 Å². The standard InChI is InChI=1S/C49H32NP/c1-4-18-33(19-5-1)48-44-32-43(36-24-10-11-25-37(36)47(44)42-30-16-17-31-45(42)50-48)46-38-26-12-14-28-40(38)49(41-29-15-13-27-39(41)46)51(34-20-6-2-7-21-34)35-22-8-3-9-23-35/h1-32H. The lowest BCUT2D eigenvalue weighted by molar-refractivity contribution is 1.43. The predicted octanol–water partition coefficient (Wildman–Crippen LogP) is 11.9. The molecule has 2 heteroatoms. The predicted molar refractivity (Wildman–Crippen MR) is 221 cm³/mol. The van der Waals surface area contributed by atoms with Crippen molar-refractivity contribution in [1.29, 1.82) is 0 Å². The average molecular weight is 666 g/mol. The lowest BCUT2D eigenvalue weighted by Crippen LogP contribution is -2.22. The molecule has 0 aliphatic heterocycles. The second-order valence-electron chi connectivity index (χ2n) is 13.1. The molecule has 0 spiro atoms. The van der Waals surface area contributed by atoms with Gasteiger partial charge in [0.05, 0.1) is 11.2 Å². The molecule has 0 radical (unpaired) electrons. The van der Waals surface area contributed by atoms with Gasteiger partial charge in [-0.3, -0.25) is 0 Å². The largest absolute Gasteiger partial charge is 0.247 e. The fraction of sp³-hybridized carbons (Fsp3) is 0. The van der Waals surface area contributed by atoms with Crippen LogP contribution in [0, 0.1) is 0 Å². The maximum absolute atomic E-state index is 5.35. The number of fused-ring (bicyclic) bond motifs is 7. The summed E-state index contributed by atoms with van der Waals surface area (Å²) in [7, 11) is -0.855. The number of nitrogens with zero attached hydrogens (tertiary/aromatic N) is 1. The lowest BCUT2D eigenvalue weighted by atomic mass is 9.86. The number of benzene rings is 9. The highest BCUT2D eigenvalue weighted by Crippen LogP contribution is 2.47. The molecule has 1 aromatic heterocycles. The minimum absolute atomic E-state index is 0.855. The van der Waals surface area contributed by atoms with Gasteiger partial charge in [-0.15, -0.1) is 0 Å². The molecule has 0 N–H and O–H groups in total. The third-order valence-electron chi connectivity index (χ3n) is 10.2. The van der Waals surface area contributed by atoms with E-state index < -0.39 is 7.92 Å². The van der Waals surface area contributed by atoms with Crippen molar-refractivity contribution in [3.8, 4) is 22.4 Å². The van der Waals surface area contributed by atoms with Gasteiger partial charge in [0, 0.05) is 27.0 Å². The topological polar surface area (TPSA) is 12.9 Å². The van der Waals surface area contributed by atoms with Crippen LogP contribution in [0.5, 0.6) is 0 Å². The Labute approximate surface area is 298 Å². The fourth-order valence-corrected chi connectivity index (χ4v) is 10.7. The van der Waals surface area contributed by atoms with E-state index >= 15 is 0 Å². The molecule has 9 aromatic carbocycles. The molecule has 0 saturated carbocycles. The summed E-state index contributed by atoms with van der Waals surface area (Å²) in [5, 5.41) is 15.3. The molecule has 10 rings (SSSR count). The molecular weight excluding hydrogens is 634 g/mol. The highest BCUT2D eigenvalue weighted by Gasteiger charge is 2.25. The molecule has 1 nitrogen and oxygen atoms in total. The summed E-state index contributed by atoms with van der Waals surface area (Å²) in [5.74, 6) is 0. The molecule has 0 unspecified atom stereocenters. The molecule has 0 fully saturated rings. The van der Waals surface area contributed by atoms with E-state index in [0.29, 0.717) is 0 Å². The Hall–Kier alpha value is -6.14. The van der Waals surface area contributed by atoms with Gasteiger partial charge < -0.3 is 0 Å². The number of aromatic nitrogens is 1. The van der Waals surface area contributed by atoms with Gasteiger partial charge >= 0.3 is 0 Å². The highest BCUT2D eigenvalue weighted by molar-refractivity contribution is 7.80. The van der Waals surface area contributed by atoms with Crippen molar-refractivity contribution in [3.63, 3.8) is 0 Å². The molecular formula is C49H32NP. The van der Waals surface area contributed by atoms with Crippen LogP contribution >= 0.6 is 7.92 Å². The third-order valence-corrected chi connectivity index (χ3v) is 12.7. The molecule has 0 atom stereocenters. The van der Waals surface area contributed by atoms with Gasteiger partial charge in [-0.2, -0.15) is 0 Å². The van der Waals surface area contributed by atoms with Crippen molar-refractivity contribution in [2.45, 2.75) is 0 Å². The summed E-state index contributed by atoms with van der Waals surface area (Å²) in [6.45, 7) is 0. The zero-order valence-electron chi connectivity index (χ0n) is 27.9. The number of para-hydroxylation sites is 1. The van der Waals surface area contributed by atoms with E-state index in [1.165, 1.54) is 75.5 Å². The molecule has 0 bridgehead atoms. The first kappa shape index (κ1) is 29.7. The van der Waals surface area contributed by atoms with Gasteiger partial charge in [-0.1, -0.05) is 182 Å². The minimum Gasteiger partial charge on any atom is -0.247 e. The first-order valence-corrected chi connectivity index (χ1v) is 18.8. The van der Waals surface area contributed by atoms with Crippen LogP contribution in [0.1, 0.15) is 0 Å². The molecule has 0 saturated heterocycles. The van der Waals surface area contributed by atoms with Gasteiger partial charge in [0.25, 0.3) is 0 Å². The summed E-state index contributed by atoms with van der Waals surface area (Å²) >= 11 is 0. The Morgan fingerprint density at radius 2 is 0.804 bits per heavy atom. The third kappa shape index (κ3) is 4.85. The first-order chi connectivity index (χ1) is 25.3. The Morgan fingerprint density at radius 3 is 1.39 bits per heavy atom. The summed E-state index contributed by atoms with van der Waals surface area (Å²) < 4.78 is 0. The van der Waals surface area contributed by atoms with E-state index in [-0.39, 0.29) is 0 Å². The maximum Gasteiger partial charge on any atom is 0.0788 e. The van der Waals surface area contributed by atoms with Crippen LogP contribution in [0.3, 0.4) is 0 Å². The van der Waals surface area contributed by atoms with E-state index in [9.17, 15) is 0 Å². The minimum atomic E-state index is -0.855. The number of rotatable bonds is 5. The maximum atomic E-state index is 5.35. The second-order valence-corrected chi connectivity index (χ2v) is 15.2. The smallest absolute Gasteiger partial charge is 0.0788 e. The fourth-order valence-electron chi connectivity index (χ4n) is 8.04. The van der Waals surface area contributed by atoms with Crippen molar-refractivity contribution in [1.82, 2.24) is 4.98 Å². The lowest BCUT2D eigenvalue weighted by Gasteiger charge is -2.25. The van der Waals surface area contributed by atoms with E-state index in [1.54, 1.807) is 0 Å². The van der Waals surface area contributed by atoms with Crippen LogP contribution in [-0.4, -0.2) is 4.98 Å². The Balaban J connectivity index is 1.38. The summed E-state index contributed by atoms with van der Waals surface area (Å²) in [4.78, 5) is 5.35. The van der Waals surface area contributed by atoms with Crippen molar-refractivity contribution >= 4 is 77.8 Å². The van der Waals surface area contributed by atoms with Gasteiger partial charge in [0.1, 0.15) is 0 Å². The van der Waals surface area contributed by atoms with Crippen molar-refractivity contribution in [2.24, 2.45) is 0 Å². The average Bonchev–Trinajstić information content (AvgIpc) is 3.21. The van der Waals surface area contributed by atoms with Gasteiger partial charge in [0.2, 0.25) is 0 Å². The Morgan fingerprint density at radius 1 is 0.353 bits per heavy atom. The van der Waals surface area contributed by atoms with Crippen LogP contribution in [0.4, 0.5) is 0 Å². The van der Waals surface area contributed by atoms with Crippen LogP contribution in [0.2, 0.25) is 0 Å². The molecule has 0 amide bonds. The molecule has 238 valence electrons. The second kappa shape index (κ2) is 12.3. The van der Waals surface area contributed by atoms with Crippen molar-refractivity contribution < 1.29 is 0 Å². The van der Waals surface area contributed by atoms with Crippen LogP contribution < -0.4 is 15.9 Å². The van der Waals surface area contributed by atoms with Gasteiger partial charge in [-0.25, -0.2) is 4.98 Å². The van der Waals surface area contributed by atoms with Gasteiger partial charge in [0.15, 0.2) is 0 Å². The molecule has 0 aliphatic carbocycles. The van der Waals surface area contributed by atoms with Crippen LogP contribution in [0.15, 0.2) is 194 Å². The van der Waals surface area contributed by atoms with Crippen LogP contribution in [0.25, 0.3) is 76.4 Å². The summed E-state index contributed by atoms with van der Waals surface area (Å²) in [5.41, 5.74) is 5.65. The van der Waals surface area contributed by atoms with Crippen molar-refractivity contribution in [3.05, 3.63) is 194 Å². The first-order valence-electron chi connectivity index (χ1n) is 17.5. The van der Waals surface area contributed by atoms with Gasteiger partial charge in [-0.05, 0) is 74.1 Å². The number of pyridine rings is 1. The quantitative estimate of drug-likeness (QED) is 0.101. The Kier molecular flexibility index (Phi) is 7.19. The van der Waals surface area contributed by atoms with E-state index in [1.807, 2.05) is 0 Å². The molecule has 1 heterocycles. The SMILES string of the molecule is c1ccc(-c2nc3ccccc3c3c2cc(-c2c4ccccc4c(P(c4ccccc4)c4ccccc4)c4ccccc24)c2ccccc23)cc1. The molecule has 10 aromatic rings. The summed E-state index contributed by atoms with van der Waals surface area (Å²) in [6.07, 6.45) is 0. The monoisotopic (exact) mass is 665 g/mol. The highest BCUT2D eigenvalue weighted by atomic mass is 31.1. The zero-order chi connectivity index (χ0) is 33.7. The van der Waals surface area contributed by atoms with E-state index in [2.05, 4.69) is 194 Å². The van der Waals surface area contributed by atoms with Crippen molar-refractivity contribution in [2.75, 3.05) is 0 Å². The summed E-state index contributed by atoms with van der Waals surface area (Å²) in [6, 6.07) is 70.9. The molecule has 0 aliphatic rings.